The van der Waals surface area contributed by atoms with Gasteiger partial charge in [-0.3, -0.25) is 4.90 Å². The summed E-state index contributed by atoms with van der Waals surface area (Å²) in [6.07, 6.45) is 0. The summed E-state index contributed by atoms with van der Waals surface area (Å²) in [5.74, 6) is 1.11. The van der Waals surface area contributed by atoms with Gasteiger partial charge in [0.15, 0.2) is 0 Å². The van der Waals surface area contributed by atoms with Gasteiger partial charge in [-0.05, 0) is 0 Å². The van der Waals surface area contributed by atoms with E-state index in [9.17, 15) is 0 Å². The third kappa shape index (κ3) is 3.14. The summed E-state index contributed by atoms with van der Waals surface area (Å²) in [4.78, 5) is 2.41. The molecule has 0 N–H and O–H groups in total. The molecule has 0 aromatic carbocycles. The van der Waals surface area contributed by atoms with Gasteiger partial charge in [-0.15, -0.1) is 11.7 Å². The van der Waals surface area contributed by atoms with Crippen molar-refractivity contribution in [2.45, 2.75) is 0 Å². The average Bonchev–Trinajstić information content (AvgIpc) is 2.03. The predicted octanol–water partition coefficient (Wildman–Crippen LogP) is 0.897. The Balaban J connectivity index is 2.02. The molecular weight excluding hydrogens is 166 g/mol. The van der Waals surface area contributed by atoms with Crippen LogP contribution in [0.2, 0.25) is 0 Å². The summed E-state index contributed by atoms with van der Waals surface area (Å²) < 4.78 is 5.21. The zero-order valence-electron chi connectivity index (χ0n) is 5.95. The Morgan fingerprint density at radius 3 is 2.70 bits per heavy atom. The van der Waals surface area contributed by atoms with Gasteiger partial charge >= 0.3 is 0 Å². The van der Waals surface area contributed by atoms with E-state index in [2.05, 4.69) is 16.6 Å². The molecule has 2 nitrogen and oxygen atoms in total. The molecule has 1 rings (SSSR count). The van der Waals surface area contributed by atoms with E-state index in [4.69, 9.17) is 4.74 Å². The molecule has 1 heterocycles. The smallest absolute Gasteiger partial charge is 0.0594 e. The molecule has 0 saturated carbocycles. The number of hydrogen-bond donors (Lipinski definition) is 1. The number of ether oxygens (including phenoxy) is 1. The van der Waals surface area contributed by atoms with E-state index >= 15 is 0 Å². The van der Waals surface area contributed by atoms with Crippen molar-refractivity contribution >= 4 is 22.5 Å². The topological polar surface area (TPSA) is 12.5 Å². The van der Waals surface area contributed by atoms with Gasteiger partial charge in [-0.1, -0.05) is 10.8 Å². The van der Waals surface area contributed by atoms with Crippen molar-refractivity contribution < 1.29 is 4.74 Å². The summed E-state index contributed by atoms with van der Waals surface area (Å²) in [5, 5.41) is 0. The van der Waals surface area contributed by atoms with Crippen LogP contribution in [0.3, 0.4) is 0 Å². The van der Waals surface area contributed by atoms with E-state index in [1.807, 2.05) is 0 Å². The van der Waals surface area contributed by atoms with E-state index in [-0.39, 0.29) is 0 Å². The average molecular weight is 179 g/mol. The number of nitrogens with zero attached hydrogens (tertiary/aromatic N) is 1. The van der Waals surface area contributed by atoms with E-state index < -0.39 is 0 Å². The maximum Gasteiger partial charge on any atom is 0.0594 e. The fourth-order valence-corrected chi connectivity index (χ4v) is 1.58. The SMILES string of the molecule is SSCCN1CCOCC1. The Kier molecular flexibility index (Phi) is 4.61. The lowest BCUT2D eigenvalue weighted by molar-refractivity contribution is 0.0410. The fourth-order valence-electron chi connectivity index (χ4n) is 0.995. The molecule has 60 valence electrons. The Hall–Kier alpha value is 0.620. The summed E-state index contributed by atoms with van der Waals surface area (Å²) in [7, 11) is 1.61. The first-order valence-electron chi connectivity index (χ1n) is 3.50. The van der Waals surface area contributed by atoms with E-state index in [1.54, 1.807) is 10.8 Å². The van der Waals surface area contributed by atoms with Gasteiger partial charge in [0.05, 0.1) is 13.2 Å². The standard InChI is InChI=1S/C6H13NOS2/c9-10-6-3-7-1-4-8-5-2-7/h9H,1-6H2. The van der Waals surface area contributed by atoms with Crippen molar-refractivity contribution in [2.75, 3.05) is 38.6 Å². The van der Waals surface area contributed by atoms with Crippen LogP contribution in [-0.4, -0.2) is 43.5 Å². The molecule has 0 amide bonds. The summed E-state index contributed by atoms with van der Waals surface area (Å²) in [5.41, 5.74) is 0. The summed E-state index contributed by atoms with van der Waals surface area (Å²) in [6, 6.07) is 0. The van der Waals surface area contributed by atoms with Crippen LogP contribution in [0.15, 0.2) is 0 Å². The van der Waals surface area contributed by atoms with Crippen molar-refractivity contribution in [3.8, 4) is 0 Å². The number of hydrogen-bond acceptors (Lipinski definition) is 4. The van der Waals surface area contributed by atoms with Gasteiger partial charge in [-0.2, -0.15) is 0 Å². The lowest BCUT2D eigenvalue weighted by atomic mass is 10.4. The highest BCUT2D eigenvalue weighted by molar-refractivity contribution is 8.68. The second kappa shape index (κ2) is 5.29. The van der Waals surface area contributed by atoms with Gasteiger partial charge in [-0.25, -0.2) is 0 Å². The molecule has 0 aromatic rings. The third-order valence-corrected chi connectivity index (χ3v) is 2.52. The fraction of sp³-hybridized carbons (Fsp3) is 1.00. The van der Waals surface area contributed by atoms with Crippen LogP contribution >= 0.6 is 22.5 Å². The van der Waals surface area contributed by atoms with Crippen LogP contribution in [0, 0.1) is 0 Å². The van der Waals surface area contributed by atoms with Gasteiger partial charge in [0, 0.05) is 25.4 Å². The molecule has 0 atom stereocenters. The van der Waals surface area contributed by atoms with E-state index in [0.29, 0.717) is 0 Å². The summed E-state index contributed by atoms with van der Waals surface area (Å²) >= 11 is 4.08. The maximum atomic E-state index is 5.21. The van der Waals surface area contributed by atoms with Crippen molar-refractivity contribution in [1.82, 2.24) is 4.90 Å². The first-order valence-corrected chi connectivity index (χ1v) is 5.54. The molecule has 0 bridgehead atoms. The summed E-state index contributed by atoms with van der Waals surface area (Å²) in [6.45, 7) is 5.13. The molecule has 1 fully saturated rings. The molecule has 1 aliphatic heterocycles. The minimum Gasteiger partial charge on any atom is -0.379 e. The van der Waals surface area contributed by atoms with Crippen LogP contribution in [-0.2, 0) is 4.74 Å². The Labute approximate surface area is 71.1 Å². The van der Waals surface area contributed by atoms with Crippen molar-refractivity contribution in [3.05, 3.63) is 0 Å². The lowest BCUT2D eigenvalue weighted by Crippen LogP contribution is -2.37. The first-order chi connectivity index (χ1) is 4.93. The molecular formula is C6H13NOS2. The van der Waals surface area contributed by atoms with Crippen LogP contribution < -0.4 is 0 Å². The molecule has 4 heteroatoms. The Morgan fingerprint density at radius 1 is 1.40 bits per heavy atom. The lowest BCUT2D eigenvalue weighted by Gasteiger charge is -2.25. The molecule has 0 radical (unpaired) electrons. The van der Waals surface area contributed by atoms with Gasteiger partial charge in [0.2, 0.25) is 0 Å². The van der Waals surface area contributed by atoms with Crippen molar-refractivity contribution in [2.24, 2.45) is 0 Å². The molecule has 0 aromatic heterocycles. The quantitative estimate of drug-likeness (QED) is 0.511. The number of thiol groups is 1. The highest BCUT2D eigenvalue weighted by Gasteiger charge is 2.08. The molecule has 0 spiro atoms. The van der Waals surface area contributed by atoms with E-state index in [0.717, 1.165) is 38.6 Å². The van der Waals surface area contributed by atoms with Crippen LogP contribution in [0.1, 0.15) is 0 Å². The van der Waals surface area contributed by atoms with Gasteiger partial charge < -0.3 is 4.74 Å². The second-order valence-electron chi connectivity index (χ2n) is 2.29. The number of rotatable bonds is 3. The minimum absolute atomic E-state index is 0.900. The van der Waals surface area contributed by atoms with Gasteiger partial charge in [0.1, 0.15) is 0 Å². The van der Waals surface area contributed by atoms with Crippen LogP contribution in [0.25, 0.3) is 0 Å². The Morgan fingerprint density at radius 2 is 2.10 bits per heavy atom. The van der Waals surface area contributed by atoms with Crippen molar-refractivity contribution in [3.63, 3.8) is 0 Å². The highest BCUT2D eigenvalue weighted by atomic mass is 33.1. The normalized spacial score (nSPS) is 21.3. The zero-order chi connectivity index (χ0) is 7.23. The molecule has 0 unspecified atom stereocenters. The molecule has 0 aliphatic carbocycles. The minimum atomic E-state index is 0.900. The third-order valence-electron chi connectivity index (χ3n) is 1.60. The predicted molar refractivity (Wildman–Crippen MR) is 48.7 cm³/mol. The number of morpholine rings is 1. The zero-order valence-corrected chi connectivity index (χ0v) is 7.66. The van der Waals surface area contributed by atoms with Crippen molar-refractivity contribution in [1.29, 1.82) is 0 Å². The van der Waals surface area contributed by atoms with Crippen LogP contribution in [0.5, 0.6) is 0 Å². The van der Waals surface area contributed by atoms with Crippen LogP contribution in [0.4, 0.5) is 0 Å². The molecule has 1 aliphatic rings. The Bertz CT molecular complexity index is 85.8. The van der Waals surface area contributed by atoms with Gasteiger partial charge in [0.25, 0.3) is 0 Å². The second-order valence-corrected chi connectivity index (χ2v) is 3.73. The largest absolute Gasteiger partial charge is 0.379 e. The molecule has 10 heavy (non-hydrogen) atoms. The monoisotopic (exact) mass is 179 g/mol. The van der Waals surface area contributed by atoms with E-state index in [1.165, 1.54) is 0 Å². The molecule has 1 saturated heterocycles. The highest BCUT2D eigenvalue weighted by Crippen LogP contribution is 2.05. The maximum absolute atomic E-state index is 5.21. The first kappa shape index (κ1) is 8.71.